The molecule has 0 aliphatic carbocycles. The summed E-state index contributed by atoms with van der Waals surface area (Å²) in [6, 6.07) is 1.41. The smallest absolute Gasteiger partial charge is 0.429 e. The first-order chi connectivity index (χ1) is 8.78. The lowest BCUT2D eigenvalue weighted by Crippen LogP contribution is -2.44. The van der Waals surface area contributed by atoms with Gasteiger partial charge in [-0.15, -0.1) is 0 Å². The number of nitrogens with one attached hydrogen (secondary N) is 1. The highest BCUT2D eigenvalue weighted by Gasteiger charge is 2.24. The Balaban J connectivity index is 3.13. The number of anilines is 1. The summed E-state index contributed by atoms with van der Waals surface area (Å²) < 4.78 is 5.23. The van der Waals surface area contributed by atoms with Crippen molar-refractivity contribution < 1.29 is 14.3 Å². The molecule has 1 N–H and O–H groups in total. The van der Waals surface area contributed by atoms with Gasteiger partial charge in [-0.3, -0.25) is 4.79 Å². The second-order valence-corrected chi connectivity index (χ2v) is 5.11. The Kier molecular flexibility index (Phi) is 4.85. The molecule has 0 aliphatic heterocycles. The SMILES string of the molecule is CNN(C(=O)OC(C)(C)C)c1cc(Cl)ncc1C=O. The molecule has 0 saturated carbocycles. The van der Waals surface area contributed by atoms with Crippen molar-refractivity contribution in [3.05, 3.63) is 23.0 Å². The van der Waals surface area contributed by atoms with Crippen LogP contribution in [0.25, 0.3) is 0 Å². The quantitative estimate of drug-likeness (QED) is 0.525. The van der Waals surface area contributed by atoms with Gasteiger partial charge in [0.1, 0.15) is 10.8 Å². The zero-order valence-electron chi connectivity index (χ0n) is 11.2. The Hall–Kier alpha value is -1.66. The van der Waals surface area contributed by atoms with Crippen LogP contribution in [0, 0.1) is 0 Å². The Morgan fingerprint density at radius 3 is 2.63 bits per heavy atom. The van der Waals surface area contributed by atoms with E-state index >= 15 is 0 Å². The number of halogens is 1. The number of carbonyl (C=O) groups is 2. The van der Waals surface area contributed by atoms with E-state index in [1.54, 1.807) is 20.8 Å². The van der Waals surface area contributed by atoms with E-state index in [1.165, 1.54) is 19.3 Å². The number of carbonyl (C=O) groups excluding carboxylic acids is 2. The molecule has 1 aromatic rings. The summed E-state index contributed by atoms with van der Waals surface area (Å²) in [6.45, 7) is 5.25. The Morgan fingerprint density at radius 1 is 1.53 bits per heavy atom. The predicted molar refractivity (Wildman–Crippen MR) is 72.4 cm³/mol. The standard InChI is InChI=1S/C12H16ClN3O3/c1-12(2,3)19-11(18)16(14-4)9-5-10(13)15-6-8(9)7-17/h5-7,14H,1-4H3. The number of rotatable bonds is 3. The third-order valence-corrected chi connectivity index (χ3v) is 2.25. The summed E-state index contributed by atoms with van der Waals surface area (Å²) in [5, 5.41) is 1.27. The maximum absolute atomic E-state index is 12.0. The molecule has 0 spiro atoms. The van der Waals surface area contributed by atoms with Crippen LogP contribution in [0.1, 0.15) is 31.1 Å². The molecule has 1 amide bonds. The summed E-state index contributed by atoms with van der Waals surface area (Å²) in [4.78, 5) is 26.8. The summed E-state index contributed by atoms with van der Waals surface area (Å²) in [5.74, 6) is 0. The topological polar surface area (TPSA) is 71.5 Å². The zero-order valence-corrected chi connectivity index (χ0v) is 12.0. The summed E-state index contributed by atoms with van der Waals surface area (Å²) in [7, 11) is 1.53. The van der Waals surface area contributed by atoms with Crippen molar-refractivity contribution in [2.45, 2.75) is 26.4 Å². The number of hydrogen-bond acceptors (Lipinski definition) is 5. The molecule has 0 radical (unpaired) electrons. The van der Waals surface area contributed by atoms with Crippen LogP contribution in [-0.4, -0.2) is 30.0 Å². The van der Waals surface area contributed by atoms with Crippen molar-refractivity contribution in [1.82, 2.24) is 10.4 Å². The van der Waals surface area contributed by atoms with Crippen LogP contribution in [0.15, 0.2) is 12.3 Å². The van der Waals surface area contributed by atoms with Gasteiger partial charge in [-0.25, -0.2) is 20.2 Å². The normalized spacial score (nSPS) is 11.0. The molecule has 6 nitrogen and oxygen atoms in total. The van der Waals surface area contributed by atoms with Crippen LogP contribution in [0.2, 0.25) is 5.15 Å². The second-order valence-electron chi connectivity index (χ2n) is 4.72. The van der Waals surface area contributed by atoms with Gasteiger partial charge in [0.15, 0.2) is 6.29 Å². The Bertz CT molecular complexity index is 486. The van der Waals surface area contributed by atoms with Crippen molar-refractivity contribution in [2.24, 2.45) is 0 Å². The minimum atomic E-state index is -0.648. The van der Waals surface area contributed by atoms with Crippen LogP contribution in [0.5, 0.6) is 0 Å². The third kappa shape index (κ3) is 4.18. The monoisotopic (exact) mass is 285 g/mol. The number of hydrazine groups is 1. The van der Waals surface area contributed by atoms with Crippen molar-refractivity contribution in [3.63, 3.8) is 0 Å². The fourth-order valence-corrected chi connectivity index (χ4v) is 1.49. The van der Waals surface area contributed by atoms with Gasteiger partial charge in [0.25, 0.3) is 0 Å². The van der Waals surface area contributed by atoms with Gasteiger partial charge in [0, 0.05) is 19.3 Å². The third-order valence-electron chi connectivity index (χ3n) is 2.05. The van der Waals surface area contributed by atoms with Crippen molar-refractivity contribution in [2.75, 3.05) is 12.1 Å². The highest BCUT2D eigenvalue weighted by atomic mass is 35.5. The molecule has 19 heavy (non-hydrogen) atoms. The Labute approximate surface area is 116 Å². The molecule has 0 saturated heterocycles. The van der Waals surface area contributed by atoms with Gasteiger partial charge in [0.2, 0.25) is 0 Å². The molecule has 1 rings (SSSR count). The lowest BCUT2D eigenvalue weighted by atomic mass is 10.2. The van der Waals surface area contributed by atoms with Crippen molar-refractivity contribution >= 4 is 29.7 Å². The number of amides is 1. The molecule has 1 aromatic heterocycles. The molecule has 104 valence electrons. The molecule has 1 heterocycles. The summed E-state index contributed by atoms with van der Waals surface area (Å²) in [6.07, 6.45) is 1.24. The van der Waals surface area contributed by atoms with Gasteiger partial charge in [0.05, 0.1) is 11.3 Å². The van der Waals surface area contributed by atoms with E-state index in [0.29, 0.717) is 6.29 Å². The number of aromatic nitrogens is 1. The first kappa shape index (κ1) is 15.4. The highest BCUT2D eigenvalue weighted by molar-refractivity contribution is 6.29. The van der Waals surface area contributed by atoms with Gasteiger partial charge in [-0.2, -0.15) is 0 Å². The minimum absolute atomic E-state index is 0.171. The Morgan fingerprint density at radius 2 is 2.16 bits per heavy atom. The molecule has 0 aromatic carbocycles. The molecular weight excluding hydrogens is 270 g/mol. The number of aldehydes is 1. The van der Waals surface area contributed by atoms with Crippen molar-refractivity contribution in [1.29, 1.82) is 0 Å². The number of pyridine rings is 1. The second kappa shape index (κ2) is 5.99. The number of nitrogens with zero attached hydrogens (tertiary/aromatic N) is 2. The van der Waals surface area contributed by atoms with Crippen molar-refractivity contribution in [3.8, 4) is 0 Å². The molecule has 0 fully saturated rings. The molecule has 0 aliphatic rings. The first-order valence-corrected chi connectivity index (χ1v) is 5.97. The lowest BCUT2D eigenvalue weighted by Gasteiger charge is -2.27. The zero-order chi connectivity index (χ0) is 14.6. The molecular formula is C12H16ClN3O3. The van der Waals surface area contributed by atoms with Gasteiger partial charge in [-0.1, -0.05) is 11.6 Å². The molecule has 7 heteroatoms. The van der Waals surface area contributed by atoms with Crippen LogP contribution in [0.4, 0.5) is 10.5 Å². The average Bonchev–Trinajstić information content (AvgIpc) is 2.28. The number of ether oxygens (including phenoxy) is 1. The fourth-order valence-electron chi connectivity index (χ4n) is 1.33. The predicted octanol–water partition coefficient (Wildman–Crippen LogP) is 2.42. The lowest BCUT2D eigenvalue weighted by molar-refractivity contribution is 0.0565. The molecule has 0 unspecified atom stereocenters. The van der Waals surface area contributed by atoms with E-state index in [-0.39, 0.29) is 16.4 Å². The van der Waals surface area contributed by atoms with E-state index in [9.17, 15) is 9.59 Å². The fraction of sp³-hybridized carbons (Fsp3) is 0.417. The number of hydrogen-bond donors (Lipinski definition) is 1. The molecule has 0 atom stereocenters. The maximum Gasteiger partial charge on any atom is 0.429 e. The minimum Gasteiger partial charge on any atom is -0.442 e. The van der Waals surface area contributed by atoms with E-state index in [1.807, 2.05) is 0 Å². The van der Waals surface area contributed by atoms with Crippen LogP contribution < -0.4 is 10.4 Å². The van der Waals surface area contributed by atoms with Gasteiger partial charge >= 0.3 is 6.09 Å². The van der Waals surface area contributed by atoms with Crippen LogP contribution in [-0.2, 0) is 4.74 Å². The maximum atomic E-state index is 12.0. The first-order valence-electron chi connectivity index (χ1n) is 5.59. The van der Waals surface area contributed by atoms with Gasteiger partial charge < -0.3 is 4.74 Å². The van der Waals surface area contributed by atoms with E-state index in [2.05, 4.69) is 10.4 Å². The molecule has 0 bridgehead atoms. The van der Waals surface area contributed by atoms with Gasteiger partial charge in [-0.05, 0) is 20.8 Å². The van der Waals surface area contributed by atoms with E-state index in [0.717, 1.165) is 5.01 Å². The van der Waals surface area contributed by atoms with Crippen LogP contribution >= 0.6 is 11.6 Å². The summed E-state index contributed by atoms with van der Waals surface area (Å²) >= 11 is 5.78. The van der Waals surface area contributed by atoms with E-state index in [4.69, 9.17) is 16.3 Å². The average molecular weight is 286 g/mol. The highest BCUT2D eigenvalue weighted by Crippen LogP contribution is 2.22. The van der Waals surface area contributed by atoms with Crippen LogP contribution in [0.3, 0.4) is 0 Å². The summed E-state index contributed by atoms with van der Waals surface area (Å²) in [5.41, 5.74) is 2.52. The largest absolute Gasteiger partial charge is 0.442 e. The van der Waals surface area contributed by atoms with E-state index < -0.39 is 11.7 Å².